The van der Waals surface area contributed by atoms with Crippen molar-refractivity contribution in [3.05, 3.63) is 16.4 Å². The van der Waals surface area contributed by atoms with Crippen molar-refractivity contribution in [1.82, 2.24) is 9.78 Å². The second-order valence-corrected chi connectivity index (χ2v) is 11.6. The molecule has 1 heterocycles. The summed E-state index contributed by atoms with van der Waals surface area (Å²) < 4.78 is 7.67. The summed E-state index contributed by atoms with van der Waals surface area (Å²) >= 11 is 3.23. The van der Waals surface area contributed by atoms with E-state index < -0.39 is 14.0 Å². The van der Waals surface area contributed by atoms with E-state index >= 15 is 0 Å². The highest BCUT2D eigenvalue weighted by Gasteiger charge is 2.13. The van der Waals surface area contributed by atoms with Crippen LogP contribution in [0.15, 0.2) is 10.7 Å². The highest BCUT2D eigenvalue weighted by molar-refractivity contribution is 9.10. The van der Waals surface area contributed by atoms with Crippen molar-refractivity contribution >= 4 is 29.9 Å². The number of hydrogen-bond acceptors (Lipinski definition) is 3. The van der Waals surface area contributed by atoms with E-state index in [1.54, 1.807) is 10.9 Å². The molecule has 1 aromatic heterocycles. The van der Waals surface area contributed by atoms with Gasteiger partial charge in [-0.05, 0) is 22.0 Å². The Morgan fingerprint density at radius 1 is 1.59 bits per heavy atom. The summed E-state index contributed by atoms with van der Waals surface area (Å²) in [6, 6.07) is 1.11. The van der Waals surface area contributed by atoms with Crippen LogP contribution in [-0.4, -0.2) is 30.4 Å². The zero-order chi connectivity index (χ0) is 13.1. The Labute approximate surface area is 110 Å². The molecule has 0 atom stereocenters. The van der Waals surface area contributed by atoms with Crippen LogP contribution in [0.3, 0.4) is 0 Å². The third-order valence-corrected chi connectivity index (χ3v) is 4.45. The van der Waals surface area contributed by atoms with Crippen LogP contribution in [0.2, 0.25) is 25.7 Å². The van der Waals surface area contributed by atoms with Gasteiger partial charge in [0.1, 0.15) is 6.73 Å². The van der Waals surface area contributed by atoms with Crippen LogP contribution in [0.5, 0.6) is 0 Å². The summed E-state index contributed by atoms with van der Waals surface area (Å²) in [5, 5.41) is 4.02. The molecule has 17 heavy (non-hydrogen) atoms. The van der Waals surface area contributed by atoms with Gasteiger partial charge >= 0.3 is 0 Å². The van der Waals surface area contributed by atoms with Crippen LogP contribution < -0.4 is 5.73 Å². The summed E-state index contributed by atoms with van der Waals surface area (Å²) in [6.07, 6.45) is 1.69. The van der Waals surface area contributed by atoms with Crippen molar-refractivity contribution in [2.45, 2.75) is 32.4 Å². The lowest BCUT2D eigenvalue weighted by atomic mass is 10.4. The largest absolute Gasteiger partial charge is 0.364 e. The summed E-state index contributed by atoms with van der Waals surface area (Å²) in [5.41, 5.74) is 5.39. The van der Waals surface area contributed by atoms with Crippen molar-refractivity contribution in [3.63, 3.8) is 0 Å². The van der Waals surface area contributed by atoms with Crippen LogP contribution in [-0.2, 0) is 11.5 Å². The predicted molar refractivity (Wildman–Crippen MR) is 72.5 cm³/mol. The van der Waals surface area contributed by atoms with Gasteiger partial charge in [0.05, 0.1) is 4.47 Å². The number of carbonyl (C=O) groups excluding carboxylic acids is 1. The predicted octanol–water partition coefficient (Wildman–Crippen LogP) is 2.06. The fourth-order valence-electron chi connectivity index (χ4n) is 1.17. The minimum atomic E-state index is -1.06. The van der Waals surface area contributed by atoms with Crippen LogP contribution >= 0.6 is 15.9 Å². The van der Waals surface area contributed by atoms with E-state index in [-0.39, 0.29) is 5.69 Å². The Balaban J connectivity index is 2.43. The number of halogens is 1. The Bertz CT molecular complexity index is 401. The highest BCUT2D eigenvalue weighted by atomic mass is 79.9. The van der Waals surface area contributed by atoms with E-state index in [0.29, 0.717) is 11.2 Å². The SMILES string of the molecule is C[Si](C)(C)CCOCn1cc(Br)c(C(N)=O)n1. The lowest BCUT2D eigenvalue weighted by Crippen LogP contribution is -2.22. The molecule has 2 N–H and O–H groups in total. The number of ether oxygens (including phenoxy) is 1. The number of hydrogen-bond donors (Lipinski definition) is 1. The number of rotatable bonds is 6. The summed E-state index contributed by atoms with van der Waals surface area (Å²) in [7, 11) is -1.06. The topological polar surface area (TPSA) is 70.1 Å². The van der Waals surface area contributed by atoms with Crippen LogP contribution in [0.1, 0.15) is 10.5 Å². The second-order valence-electron chi connectivity index (χ2n) is 5.08. The second kappa shape index (κ2) is 5.79. The Hall–Kier alpha value is -0.663. The zero-order valence-electron chi connectivity index (χ0n) is 10.4. The van der Waals surface area contributed by atoms with E-state index in [2.05, 4.69) is 40.7 Å². The van der Waals surface area contributed by atoms with Crippen LogP contribution in [0.25, 0.3) is 0 Å². The summed E-state index contributed by atoms with van der Waals surface area (Å²) in [6.45, 7) is 7.96. The molecule has 0 fully saturated rings. The maximum atomic E-state index is 11.0. The molecule has 5 nitrogen and oxygen atoms in total. The van der Waals surface area contributed by atoms with Gasteiger partial charge in [0.25, 0.3) is 5.91 Å². The molecule has 0 saturated heterocycles. The molecule has 7 heteroatoms. The molecule has 0 aliphatic carbocycles. The molecule has 0 spiro atoms. The van der Waals surface area contributed by atoms with Gasteiger partial charge in [-0.3, -0.25) is 4.79 Å². The average Bonchev–Trinajstić information content (AvgIpc) is 2.53. The molecular weight excluding hydrogens is 302 g/mol. The maximum absolute atomic E-state index is 11.0. The van der Waals surface area contributed by atoms with E-state index in [4.69, 9.17) is 10.5 Å². The molecule has 0 bridgehead atoms. The van der Waals surface area contributed by atoms with E-state index in [9.17, 15) is 4.79 Å². The first-order valence-corrected chi connectivity index (χ1v) is 9.90. The number of amides is 1. The monoisotopic (exact) mass is 319 g/mol. The van der Waals surface area contributed by atoms with Crippen molar-refractivity contribution in [2.24, 2.45) is 5.73 Å². The fourth-order valence-corrected chi connectivity index (χ4v) is 2.43. The minimum absolute atomic E-state index is 0.235. The highest BCUT2D eigenvalue weighted by Crippen LogP contribution is 2.14. The molecule has 0 saturated carbocycles. The Kier molecular flexibility index (Phi) is 4.90. The van der Waals surface area contributed by atoms with E-state index in [1.165, 1.54) is 0 Å². The van der Waals surface area contributed by atoms with Gasteiger partial charge in [-0.2, -0.15) is 5.10 Å². The fraction of sp³-hybridized carbons (Fsp3) is 0.600. The van der Waals surface area contributed by atoms with Gasteiger partial charge in [0.2, 0.25) is 0 Å². The van der Waals surface area contributed by atoms with Gasteiger partial charge in [-0.1, -0.05) is 19.6 Å². The zero-order valence-corrected chi connectivity index (χ0v) is 13.0. The third kappa shape index (κ3) is 5.01. The molecule has 0 aliphatic heterocycles. The number of primary amides is 1. The first kappa shape index (κ1) is 14.4. The minimum Gasteiger partial charge on any atom is -0.364 e. The molecule has 1 aromatic rings. The molecule has 1 rings (SSSR count). The number of aromatic nitrogens is 2. The number of carbonyl (C=O) groups is 1. The van der Waals surface area contributed by atoms with E-state index in [0.717, 1.165) is 12.7 Å². The molecule has 0 unspecified atom stereocenters. The summed E-state index contributed by atoms with van der Waals surface area (Å²) in [5.74, 6) is -0.544. The van der Waals surface area contributed by atoms with Crippen LogP contribution in [0, 0.1) is 0 Å². The molecule has 0 radical (unpaired) electrons. The Morgan fingerprint density at radius 3 is 2.71 bits per heavy atom. The molecular formula is C10H18BrN3O2Si. The Morgan fingerprint density at radius 2 is 2.24 bits per heavy atom. The van der Waals surface area contributed by atoms with Crippen molar-refractivity contribution in [3.8, 4) is 0 Å². The molecule has 96 valence electrons. The van der Waals surface area contributed by atoms with Gasteiger partial charge in [0.15, 0.2) is 5.69 Å². The maximum Gasteiger partial charge on any atom is 0.270 e. The van der Waals surface area contributed by atoms with Gasteiger partial charge in [-0.15, -0.1) is 0 Å². The van der Waals surface area contributed by atoms with E-state index in [1.807, 2.05) is 0 Å². The third-order valence-electron chi connectivity index (χ3n) is 2.17. The molecule has 0 aromatic carbocycles. The number of nitrogens with zero attached hydrogens (tertiary/aromatic N) is 2. The lowest BCUT2D eigenvalue weighted by molar-refractivity contribution is 0.0778. The molecule has 0 aliphatic rings. The van der Waals surface area contributed by atoms with Crippen molar-refractivity contribution < 1.29 is 9.53 Å². The van der Waals surface area contributed by atoms with Gasteiger partial charge < -0.3 is 10.5 Å². The van der Waals surface area contributed by atoms with Gasteiger partial charge in [0, 0.05) is 20.9 Å². The van der Waals surface area contributed by atoms with Crippen molar-refractivity contribution in [1.29, 1.82) is 0 Å². The quantitative estimate of drug-likeness (QED) is 0.644. The lowest BCUT2D eigenvalue weighted by Gasteiger charge is -2.15. The smallest absolute Gasteiger partial charge is 0.270 e. The molecule has 1 amide bonds. The average molecular weight is 320 g/mol. The van der Waals surface area contributed by atoms with Gasteiger partial charge in [-0.25, -0.2) is 4.68 Å². The van der Waals surface area contributed by atoms with Crippen molar-refractivity contribution in [2.75, 3.05) is 6.61 Å². The standard InChI is InChI=1S/C10H18BrN3O2Si/c1-17(2,3)5-4-16-7-14-6-8(11)9(13-14)10(12)15/h6H,4-5,7H2,1-3H3,(H2,12,15). The van der Waals surface area contributed by atoms with Crippen LogP contribution in [0.4, 0.5) is 0 Å². The normalized spacial score (nSPS) is 11.8. The first-order valence-electron chi connectivity index (χ1n) is 5.40. The number of nitrogens with two attached hydrogens (primary N) is 1. The summed E-state index contributed by atoms with van der Waals surface area (Å²) in [4.78, 5) is 11.0. The first-order chi connectivity index (χ1) is 7.79.